The smallest absolute Gasteiger partial charge is 0.338 e. The lowest BCUT2D eigenvalue weighted by molar-refractivity contribution is -0.384. The fraction of sp³-hybridized carbons (Fsp3) is 0.333. The first-order chi connectivity index (χ1) is 9.04. The molecule has 1 aromatic carbocycles. The van der Waals surface area contributed by atoms with Crippen molar-refractivity contribution >= 4 is 17.6 Å². The molecule has 19 heavy (non-hydrogen) atoms. The molecule has 7 nitrogen and oxygen atoms in total. The Morgan fingerprint density at radius 1 is 1.32 bits per heavy atom. The van der Waals surface area contributed by atoms with Crippen molar-refractivity contribution in [2.75, 3.05) is 13.7 Å². The number of hydrogen-bond acceptors (Lipinski definition) is 5. The zero-order chi connectivity index (χ0) is 14.3. The van der Waals surface area contributed by atoms with Gasteiger partial charge in [0.05, 0.1) is 17.1 Å². The van der Waals surface area contributed by atoms with E-state index in [1.807, 2.05) is 0 Å². The third-order valence-electron chi connectivity index (χ3n) is 2.37. The first-order valence-corrected chi connectivity index (χ1v) is 5.66. The molecule has 0 saturated heterocycles. The maximum absolute atomic E-state index is 11.5. The van der Waals surface area contributed by atoms with Gasteiger partial charge in [0.2, 0.25) is 5.91 Å². The Hall–Kier alpha value is -2.44. The molecule has 0 saturated carbocycles. The van der Waals surface area contributed by atoms with Crippen molar-refractivity contribution in [3.8, 4) is 0 Å². The van der Waals surface area contributed by atoms with Crippen LogP contribution in [0.15, 0.2) is 24.3 Å². The molecular weight excluding hydrogens is 252 g/mol. The Bertz CT molecular complexity index is 470. The number of ether oxygens (including phenoxy) is 1. The highest BCUT2D eigenvalue weighted by molar-refractivity contribution is 5.89. The van der Waals surface area contributed by atoms with Crippen LogP contribution >= 0.6 is 0 Å². The quantitative estimate of drug-likeness (QED) is 0.362. The Labute approximate surface area is 109 Å². The lowest BCUT2D eigenvalue weighted by Crippen LogP contribution is -2.18. The van der Waals surface area contributed by atoms with E-state index >= 15 is 0 Å². The van der Waals surface area contributed by atoms with Gasteiger partial charge in [-0.3, -0.25) is 14.9 Å². The van der Waals surface area contributed by atoms with E-state index in [1.54, 1.807) is 0 Å². The van der Waals surface area contributed by atoms with Gasteiger partial charge in [-0.2, -0.15) is 0 Å². The zero-order valence-corrected chi connectivity index (χ0v) is 10.4. The van der Waals surface area contributed by atoms with Crippen LogP contribution in [-0.2, 0) is 9.53 Å². The second-order valence-corrected chi connectivity index (χ2v) is 3.72. The second kappa shape index (κ2) is 7.10. The van der Waals surface area contributed by atoms with Gasteiger partial charge in [0, 0.05) is 25.6 Å². The van der Waals surface area contributed by atoms with Gasteiger partial charge in [-0.15, -0.1) is 0 Å². The molecule has 0 atom stereocenters. The van der Waals surface area contributed by atoms with Crippen LogP contribution in [-0.4, -0.2) is 30.5 Å². The summed E-state index contributed by atoms with van der Waals surface area (Å²) in [4.78, 5) is 32.4. The Balaban J connectivity index is 2.41. The molecule has 1 aromatic rings. The predicted octanol–water partition coefficient (Wildman–Crippen LogP) is 1.28. The molecule has 0 aromatic heterocycles. The maximum Gasteiger partial charge on any atom is 0.338 e. The largest absolute Gasteiger partial charge is 0.462 e. The van der Waals surface area contributed by atoms with Crippen molar-refractivity contribution in [2.45, 2.75) is 12.8 Å². The molecule has 1 N–H and O–H groups in total. The maximum atomic E-state index is 11.5. The van der Waals surface area contributed by atoms with Crippen molar-refractivity contribution in [1.29, 1.82) is 0 Å². The number of rotatable bonds is 6. The normalized spacial score (nSPS) is 9.74. The number of nitro groups is 1. The van der Waals surface area contributed by atoms with E-state index in [1.165, 1.54) is 31.3 Å². The van der Waals surface area contributed by atoms with Gasteiger partial charge < -0.3 is 10.1 Å². The lowest BCUT2D eigenvalue weighted by atomic mass is 10.2. The molecule has 102 valence electrons. The van der Waals surface area contributed by atoms with Gasteiger partial charge >= 0.3 is 5.97 Å². The summed E-state index contributed by atoms with van der Waals surface area (Å²) in [7, 11) is 1.53. The number of nitro benzene ring substituents is 1. The number of esters is 1. The van der Waals surface area contributed by atoms with E-state index in [9.17, 15) is 19.7 Å². The van der Waals surface area contributed by atoms with Crippen molar-refractivity contribution in [2.24, 2.45) is 0 Å². The number of non-ortho nitro benzene ring substituents is 1. The number of benzene rings is 1. The number of nitrogens with one attached hydrogen (secondary N) is 1. The minimum absolute atomic E-state index is 0.0869. The summed E-state index contributed by atoms with van der Waals surface area (Å²) in [5.74, 6) is -0.682. The van der Waals surface area contributed by atoms with Gasteiger partial charge in [0.25, 0.3) is 5.69 Å². The summed E-state index contributed by atoms with van der Waals surface area (Å²) in [5.41, 5.74) is 0.154. The highest BCUT2D eigenvalue weighted by Crippen LogP contribution is 2.12. The Kier molecular flexibility index (Phi) is 5.46. The number of nitrogens with zero attached hydrogens (tertiary/aromatic N) is 1. The van der Waals surface area contributed by atoms with Crippen LogP contribution < -0.4 is 5.32 Å². The summed E-state index contributed by atoms with van der Waals surface area (Å²) >= 11 is 0. The van der Waals surface area contributed by atoms with Gasteiger partial charge in [-0.05, 0) is 18.6 Å². The summed E-state index contributed by atoms with van der Waals surface area (Å²) in [6.07, 6.45) is 0.711. The van der Waals surface area contributed by atoms with Crippen LogP contribution in [0.25, 0.3) is 0 Å². The number of hydrogen-bond donors (Lipinski definition) is 1. The van der Waals surface area contributed by atoms with E-state index in [0.717, 1.165) is 0 Å². The predicted molar refractivity (Wildman–Crippen MR) is 66.7 cm³/mol. The van der Waals surface area contributed by atoms with Crippen LogP contribution in [0.1, 0.15) is 23.2 Å². The van der Waals surface area contributed by atoms with E-state index in [4.69, 9.17) is 4.74 Å². The molecule has 0 fully saturated rings. The molecule has 0 bridgehead atoms. The lowest BCUT2D eigenvalue weighted by Gasteiger charge is -2.04. The SMILES string of the molecule is CNC(=O)CCCOC(=O)c1ccc([N+](=O)[O-])cc1. The molecule has 0 spiro atoms. The van der Waals surface area contributed by atoms with E-state index < -0.39 is 10.9 Å². The number of amides is 1. The molecular formula is C12H14N2O5. The summed E-state index contributed by atoms with van der Waals surface area (Å²) in [6.45, 7) is 0.128. The van der Waals surface area contributed by atoms with Gasteiger partial charge in [-0.1, -0.05) is 0 Å². The van der Waals surface area contributed by atoms with E-state index in [-0.39, 0.29) is 30.2 Å². The summed E-state index contributed by atoms with van der Waals surface area (Å²) in [6, 6.07) is 5.14. The van der Waals surface area contributed by atoms with E-state index in [0.29, 0.717) is 6.42 Å². The first kappa shape index (κ1) is 14.6. The molecule has 1 rings (SSSR count). The Morgan fingerprint density at radius 3 is 2.47 bits per heavy atom. The monoisotopic (exact) mass is 266 g/mol. The molecule has 0 aliphatic heterocycles. The highest BCUT2D eigenvalue weighted by atomic mass is 16.6. The topological polar surface area (TPSA) is 98.5 Å². The van der Waals surface area contributed by atoms with Gasteiger partial charge in [0.15, 0.2) is 0 Å². The summed E-state index contributed by atoms with van der Waals surface area (Å²) in [5, 5.41) is 12.9. The highest BCUT2D eigenvalue weighted by Gasteiger charge is 2.10. The molecule has 7 heteroatoms. The van der Waals surface area contributed by atoms with Crippen molar-refractivity contribution < 1.29 is 19.2 Å². The van der Waals surface area contributed by atoms with Gasteiger partial charge in [0.1, 0.15) is 0 Å². The molecule has 0 aliphatic carbocycles. The minimum Gasteiger partial charge on any atom is -0.462 e. The van der Waals surface area contributed by atoms with Crippen molar-refractivity contribution in [3.63, 3.8) is 0 Å². The second-order valence-electron chi connectivity index (χ2n) is 3.72. The minimum atomic E-state index is -0.563. The van der Waals surface area contributed by atoms with Crippen LogP contribution in [0.4, 0.5) is 5.69 Å². The van der Waals surface area contributed by atoms with Crippen LogP contribution in [0.5, 0.6) is 0 Å². The van der Waals surface area contributed by atoms with Crippen molar-refractivity contribution in [3.05, 3.63) is 39.9 Å². The van der Waals surface area contributed by atoms with Crippen molar-refractivity contribution in [1.82, 2.24) is 5.32 Å². The molecule has 1 amide bonds. The molecule has 0 heterocycles. The third-order valence-corrected chi connectivity index (χ3v) is 2.37. The first-order valence-electron chi connectivity index (χ1n) is 5.66. The van der Waals surface area contributed by atoms with Gasteiger partial charge in [-0.25, -0.2) is 4.79 Å². The third kappa shape index (κ3) is 4.74. The average Bonchev–Trinajstić information content (AvgIpc) is 2.43. The average molecular weight is 266 g/mol. The van der Waals surface area contributed by atoms with E-state index in [2.05, 4.69) is 5.32 Å². The van der Waals surface area contributed by atoms with Crippen LogP contribution in [0.2, 0.25) is 0 Å². The standard InChI is InChI=1S/C12H14N2O5/c1-13-11(15)3-2-8-19-12(16)9-4-6-10(7-5-9)14(17)18/h4-7H,2-3,8H2,1H3,(H,13,15). The van der Waals surface area contributed by atoms with Crippen LogP contribution in [0.3, 0.4) is 0 Å². The molecule has 0 radical (unpaired) electrons. The Morgan fingerprint density at radius 2 is 1.95 bits per heavy atom. The zero-order valence-electron chi connectivity index (χ0n) is 10.4. The fourth-order valence-corrected chi connectivity index (χ4v) is 1.33. The number of carbonyl (C=O) groups excluding carboxylic acids is 2. The molecule has 0 unspecified atom stereocenters. The molecule has 0 aliphatic rings. The number of carbonyl (C=O) groups is 2. The summed E-state index contributed by atoms with van der Waals surface area (Å²) < 4.78 is 4.93. The fourth-order valence-electron chi connectivity index (χ4n) is 1.33. The van der Waals surface area contributed by atoms with Crippen LogP contribution in [0, 0.1) is 10.1 Å².